The molecule has 0 unspecified atom stereocenters. The van der Waals surface area contributed by atoms with Crippen molar-refractivity contribution >= 4 is 89.2 Å². The first-order valence-corrected chi connectivity index (χ1v) is 31.9. The van der Waals surface area contributed by atoms with Crippen molar-refractivity contribution < 1.29 is 85.5 Å². The van der Waals surface area contributed by atoms with Gasteiger partial charge in [-0.05, 0) is 76.9 Å². The van der Waals surface area contributed by atoms with Gasteiger partial charge in [-0.1, -0.05) is 36.4 Å². The molecule has 0 aromatic heterocycles. The van der Waals surface area contributed by atoms with Crippen LogP contribution in [-0.4, -0.2) is 28.5 Å². The van der Waals surface area contributed by atoms with Crippen molar-refractivity contribution in [2.75, 3.05) is 13.2 Å². The first kappa shape index (κ1) is 41.7. The predicted octanol–water partition coefficient (Wildman–Crippen LogP) is 7.26. The molecule has 6 rings (SSSR count). The monoisotopic (exact) mass is 1140 g/mol. The average molecular weight is 1140 g/mol. The molecule has 0 amide bonds. The average Bonchev–Trinajstić information content (AvgIpc) is 2.97. The van der Waals surface area contributed by atoms with Crippen LogP contribution in [0.15, 0.2) is 84.9 Å². The van der Waals surface area contributed by atoms with E-state index in [1.54, 1.807) is 42.5 Å². The zero-order valence-electron chi connectivity index (χ0n) is 23.5. The normalized spacial score (nSPS) is 13.2. The van der Waals surface area contributed by atoms with Gasteiger partial charge in [-0.25, -0.2) is 0 Å². The van der Waals surface area contributed by atoms with Crippen LogP contribution in [-0.2, 0) is 26.1 Å². The molecule has 2 aliphatic rings. The smallest absolute Gasteiger partial charge is 0.872 e. The fourth-order valence-electron chi connectivity index (χ4n) is 3.98. The molecule has 0 bridgehead atoms. The van der Waals surface area contributed by atoms with Crippen molar-refractivity contribution in [1.82, 2.24) is 0 Å². The molecule has 0 radical (unpaired) electrons. The Morgan fingerprint density at radius 3 is 1.35 bits per heavy atom. The Labute approximate surface area is 325 Å². The van der Waals surface area contributed by atoms with Gasteiger partial charge in [0.1, 0.15) is 42.0 Å². The summed E-state index contributed by atoms with van der Waals surface area (Å²) < 4.78 is 11.2. The molecule has 0 saturated heterocycles. The summed E-state index contributed by atoms with van der Waals surface area (Å²) in [7, 11) is 34.9. The van der Waals surface area contributed by atoms with E-state index < -0.39 is 26.1 Å². The van der Waals surface area contributed by atoms with Crippen LogP contribution >= 0.6 is 65.9 Å². The molecule has 4 aromatic rings. The standard InChI is InChI=1S/2C15H12O3.7ClH.Na.2Pt/c2*16-13-4-1-10(2-5-13)12-7-11-3-6-14(17)8-15(11)18-9-12;;;;;;;;;;/h2*1-8,16-17H,9H2;7*1H;;;/q;;;;;;;;;+1;+3;+4/p-8. The van der Waals surface area contributed by atoms with Gasteiger partial charge in [-0.3, -0.25) is 0 Å². The van der Waals surface area contributed by atoms with Gasteiger partial charge in [-0.15, -0.1) is 5.75 Å². The van der Waals surface area contributed by atoms with Crippen molar-refractivity contribution in [2.45, 2.75) is 0 Å². The Hall–Kier alpha value is -0.433. The summed E-state index contributed by atoms with van der Waals surface area (Å²) in [5.74, 6) is 1.97. The Balaban J connectivity index is 0.000000250. The van der Waals surface area contributed by atoms with Gasteiger partial charge in [0.05, 0.1) is 0 Å². The second-order valence-corrected chi connectivity index (χ2v) is 38.4. The third-order valence-corrected chi connectivity index (χ3v) is 5.88. The summed E-state index contributed by atoms with van der Waals surface area (Å²) in [5, 5.41) is 39.1. The van der Waals surface area contributed by atoms with E-state index >= 15 is 0 Å². The molecule has 0 aliphatic carbocycles. The van der Waals surface area contributed by atoms with Crippen LogP contribution in [0.5, 0.6) is 34.5 Å². The number of halogens is 7. The zero-order valence-corrected chi connectivity index (χ0v) is 35.3. The molecule has 3 N–H and O–H groups in total. The van der Waals surface area contributed by atoms with Crippen LogP contribution in [0.3, 0.4) is 0 Å². The first-order valence-electron chi connectivity index (χ1n) is 12.2. The van der Waals surface area contributed by atoms with E-state index in [9.17, 15) is 20.4 Å². The van der Waals surface area contributed by atoms with E-state index in [0.29, 0.717) is 24.7 Å². The minimum atomic E-state index is -3.06. The quantitative estimate of drug-likeness (QED) is 0.183. The maximum atomic E-state index is 11.2. The molecule has 0 saturated carbocycles. The number of hydrogen-bond acceptors (Lipinski definition) is 6. The van der Waals surface area contributed by atoms with Gasteiger partial charge >= 0.3 is 122 Å². The summed E-state index contributed by atoms with van der Waals surface area (Å²) in [5.41, 5.74) is 5.96. The summed E-state index contributed by atoms with van der Waals surface area (Å²) in [6, 6.07) is 23.9. The first-order chi connectivity index (χ1) is 21.2. The molecule has 4 aromatic carbocycles. The van der Waals surface area contributed by atoms with Crippen LogP contribution in [0.4, 0.5) is 0 Å². The summed E-state index contributed by atoms with van der Waals surface area (Å²) >= 11 is -4.91. The number of hydrogen-bond donors (Lipinski definition) is 3. The second kappa shape index (κ2) is 20.3. The molecular weight excluding hydrogens is 1120 g/mol. The largest absolute Gasteiger partial charge is 1.00 e. The van der Waals surface area contributed by atoms with E-state index in [-0.39, 0.29) is 52.6 Å². The number of rotatable bonds is 2. The number of benzene rings is 4. The number of aromatic hydroxyl groups is 3. The second-order valence-electron chi connectivity index (χ2n) is 8.84. The third-order valence-electron chi connectivity index (χ3n) is 5.88. The number of fused-ring (bicyclic) bond motifs is 2. The maximum absolute atomic E-state index is 11.2. The molecule has 0 spiro atoms. The summed E-state index contributed by atoms with van der Waals surface area (Å²) in [6.07, 6.45) is 4.04. The SMILES string of the molecule is Oc1ccc(C2=Cc3ccc(O)cc3OC2)cc1.[Cl][Pt]([Cl])([Cl])[Cl].[Cl][Pt]([Cl])[Cl].[Na+].[O-]c1ccc2c(c1)OCC(c1ccc(O)cc1)=C2. The molecule has 2 aliphatic heterocycles. The fraction of sp³-hybridized carbons (Fsp3) is 0.0667. The van der Waals surface area contributed by atoms with Crippen molar-refractivity contribution in [2.24, 2.45) is 0 Å². The van der Waals surface area contributed by atoms with Crippen molar-refractivity contribution in [3.63, 3.8) is 0 Å². The van der Waals surface area contributed by atoms with Gasteiger partial charge in [0.15, 0.2) is 0 Å². The van der Waals surface area contributed by atoms with Gasteiger partial charge in [0, 0.05) is 17.2 Å². The Morgan fingerprint density at radius 1 is 0.587 bits per heavy atom. The van der Waals surface area contributed by atoms with Crippen molar-refractivity contribution in [3.8, 4) is 34.5 Å². The molecule has 2 heterocycles. The number of phenolic OH excluding ortho intramolecular Hbond substituents is 3. The Bertz CT molecular complexity index is 1510. The van der Waals surface area contributed by atoms with E-state index in [1.807, 2.05) is 42.5 Å². The Morgan fingerprint density at radius 2 is 0.935 bits per heavy atom. The van der Waals surface area contributed by atoms with Crippen molar-refractivity contribution in [3.05, 3.63) is 107 Å². The van der Waals surface area contributed by atoms with Crippen LogP contribution in [0.25, 0.3) is 23.3 Å². The molecule has 16 heteroatoms. The van der Waals surface area contributed by atoms with E-state index in [2.05, 4.69) is 0 Å². The van der Waals surface area contributed by atoms with Gasteiger partial charge < -0.3 is 29.9 Å². The predicted molar refractivity (Wildman–Crippen MR) is 178 cm³/mol. The van der Waals surface area contributed by atoms with Gasteiger partial charge in [-0.2, -0.15) is 0 Å². The van der Waals surface area contributed by atoms with Crippen LogP contribution in [0.2, 0.25) is 0 Å². The molecule has 0 atom stereocenters. The van der Waals surface area contributed by atoms with Crippen molar-refractivity contribution in [1.29, 1.82) is 0 Å². The fourth-order valence-corrected chi connectivity index (χ4v) is 3.98. The van der Waals surface area contributed by atoms with Crippen LogP contribution in [0, 0.1) is 0 Å². The summed E-state index contributed by atoms with van der Waals surface area (Å²) in [6.45, 7) is 0.891. The number of phenols is 3. The van der Waals surface area contributed by atoms with E-state index in [4.69, 9.17) is 75.4 Å². The molecule has 249 valence electrons. The van der Waals surface area contributed by atoms with Crippen LogP contribution in [0.1, 0.15) is 22.3 Å². The van der Waals surface area contributed by atoms with E-state index in [0.717, 1.165) is 33.4 Å². The maximum Gasteiger partial charge on any atom is 1.00 e. The van der Waals surface area contributed by atoms with E-state index in [1.165, 1.54) is 12.1 Å². The number of ether oxygens (including phenoxy) is 2. The van der Waals surface area contributed by atoms with Gasteiger partial charge in [0.25, 0.3) is 0 Å². The summed E-state index contributed by atoms with van der Waals surface area (Å²) in [4.78, 5) is 0. The minimum absolute atomic E-state index is 0. The molecule has 6 nitrogen and oxygen atoms in total. The topological polar surface area (TPSA) is 102 Å². The third kappa shape index (κ3) is 15.4. The molecule has 46 heavy (non-hydrogen) atoms. The minimum Gasteiger partial charge on any atom is -0.872 e. The zero-order chi connectivity index (χ0) is 33.1. The molecule has 0 fully saturated rings. The molecular formula is C30H23Cl7NaO6Pt2. The Kier molecular flexibility index (Phi) is 18.4. The van der Waals surface area contributed by atoms with Crippen LogP contribution < -0.4 is 44.1 Å². The van der Waals surface area contributed by atoms with Gasteiger partial charge in [0.2, 0.25) is 0 Å².